The molecule has 1 N–H and O–H groups in total. The number of amides is 2. The number of halogens is 4. The monoisotopic (exact) mass is 599 g/mol. The lowest BCUT2D eigenvalue weighted by atomic mass is 9.94. The molecule has 2 amide bonds. The molecule has 3 aromatic carbocycles. The fourth-order valence-electron chi connectivity index (χ4n) is 4.85. The quantitative estimate of drug-likeness (QED) is 0.380. The van der Waals surface area contributed by atoms with Gasteiger partial charge in [-0.05, 0) is 35.7 Å². The summed E-state index contributed by atoms with van der Waals surface area (Å²) in [7, 11) is 0. The third kappa shape index (κ3) is 6.54. The second-order valence-corrected chi connectivity index (χ2v) is 10.00. The number of nitrogens with zero attached hydrogens (tertiary/aromatic N) is 3. The number of aliphatic hydroxyl groups excluding tert-OH is 1. The minimum absolute atomic E-state index is 0. The zero-order valence-electron chi connectivity index (χ0n) is 20.5. The minimum atomic E-state index is -0.658. The Bertz CT molecular complexity index is 1250. The number of ether oxygens (including phenoxy) is 1. The zero-order chi connectivity index (χ0) is 25.2. The third-order valence-corrected chi connectivity index (χ3v) is 7.29. The number of carbonyl (C=O) groups excluding carboxylic acids is 2. The first-order valence-electron chi connectivity index (χ1n) is 12.0. The van der Waals surface area contributed by atoms with Crippen LogP contribution < -0.4 is 4.74 Å². The Morgan fingerprint density at radius 1 is 0.842 bits per heavy atom. The third-order valence-electron chi connectivity index (χ3n) is 6.75. The molecular formula is C27H29Cl4N3O4. The van der Waals surface area contributed by atoms with Gasteiger partial charge in [-0.2, -0.15) is 0 Å². The minimum Gasteiger partial charge on any atom is -0.489 e. The summed E-state index contributed by atoms with van der Waals surface area (Å²) in [6, 6.07) is 16.1. The Hall–Kier alpha value is -2.10. The van der Waals surface area contributed by atoms with Gasteiger partial charge < -0.3 is 9.84 Å². The van der Waals surface area contributed by atoms with Gasteiger partial charge in [-0.1, -0.05) is 47.5 Å². The van der Waals surface area contributed by atoms with Crippen LogP contribution in [0.2, 0.25) is 10.0 Å². The normalized spacial score (nSPS) is 16.7. The van der Waals surface area contributed by atoms with E-state index >= 15 is 0 Å². The summed E-state index contributed by atoms with van der Waals surface area (Å²) < 4.78 is 5.64. The molecule has 5 rings (SSSR count). The van der Waals surface area contributed by atoms with Gasteiger partial charge in [0.05, 0.1) is 5.02 Å². The maximum Gasteiger partial charge on any atom is 0.261 e. The number of rotatable bonds is 8. The molecule has 7 nitrogen and oxygen atoms in total. The smallest absolute Gasteiger partial charge is 0.261 e. The van der Waals surface area contributed by atoms with Gasteiger partial charge in [0.15, 0.2) is 0 Å². The molecular weight excluding hydrogens is 572 g/mol. The summed E-state index contributed by atoms with van der Waals surface area (Å²) in [6.45, 7) is 4.73. The first kappa shape index (κ1) is 30.4. The SMILES string of the molecule is Cl.Cl.O=C1c2cccc3cccc(c23)C(=O)N1CCN1CCN(CC(O)COc2ccc(Cl)cc2Cl)CC1. The van der Waals surface area contributed by atoms with Crippen molar-refractivity contribution in [1.82, 2.24) is 14.7 Å². The van der Waals surface area contributed by atoms with E-state index in [9.17, 15) is 14.7 Å². The number of benzene rings is 3. The van der Waals surface area contributed by atoms with Crippen molar-refractivity contribution >= 4 is 70.6 Å². The molecule has 2 aliphatic rings. The molecule has 1 unspecified atom stereocenters. The Labute approximate surface area is 244 Å². The van der Waals surface area contributed by atoms with E-state index in [1.54, 1.807) is 30.3 Å². The van der Waals surface area contributed by atoms with E-state index in [-0.39, 0.29) is 43.2 Å². The molecule has 3 aromatic rings. The van der Waals surface area contributed by atoms with Crippen LogP contribution in [0, 0.1) is 0 Å². The topological polar surface area (TPSA) is 73.3 Å². The van der Waals surface area contributed by atoms with Gasteiger partial charge >= 0.3 is 0 Å². The van der Waals surface area contributed by atoms with Crippen LogP contribution in [0.4, 0.5) is 0 Å². The Balaban J connectivity index is 0.00000200. The average Bonchev–Trinajstić information content (AvgIpc) is 2.87. The Morgan fingerprint density at radius 3 is 2.05 bits per heavy atom. The van der Waals surface area contributed by atoms with Gasteiger partial charge in [0.2, 0.25) is 0 Å². The standard InChI is InChI=1S/C27H27Cl2N3O4.2ClH/c28-19-7-8-24(23(29)15-19)36-17-20(33)16-31-11-9-30(10-12-31)13-14-32-26(34)21-5-1-3-18-4-2-6-22(25(18)21)27(32)35;;/h1-8,15,20,33H,9-14,16-17H2;2*1H. The van der Waals surface area contributed by atoms with E-state index in [1.165, 1.54) is 4.90 Å². The van der Waals surface area contributed by atoms with Crippen molar-refractivity contribution in [3.05, 3.63) is 75.8 Å². The highest BCUT2D eigenvalue weighted by Gasteiger charge is 2.33. The van der Waals surface area contributed by atoms with Crippen molar-refractivity contribution in [1.29, 1.82) is 0 Å². The number of hydrogen-bond acceptors (Lipinski definition) is 6. The van der Waals surface area contributed by atoms with Crippen LogP contribution >= 0.6 is 48.0 Å². The van der Waals surface area contributed by atoms with Crippen molar-refractivity contribution in [3.8, 4) is 5.75 Å². The summed E-state index contributed by atoms with van der Waals surface area (Å²) in [4.78, 5) is 32.0. The lowest BCUT2D eigenvalue weighted by molar-refractivity contribution is 0.0416. The molecule has 0 radical (unpaired) electrons. The molecule has 204 valence electrons. The van der Waals surface area contributed by atoms with Gasteiger partial charge in [-0.15, -0.1) is 24.8 Å². The van der Waals surface area contributed by atoms with Crippen molar-refractivity contribution in [2.45, 2.75) is 6.10 Å². The molecule has 2 heterocycles. The largest absolute Gasteiger partial charge is 0.489 e. The fraction of sp³-hybridized carbons (Fsp3) is 0.333. The van der Waals surface area contributed by atoms with E-state index in [0.717, 1.165) is 37.0 Å². The highest BCUT2D eigenvalue weighted by Crippen LogP contribution is 2.30. The van der Waals surface area contributed by atoms with E-state index in [1.807, 2.05) is 24.3 Å². The summed E-state index contributed by atoms with van der Waals surface area (Å²) >= 11 is 12.0. The lowest BCUT2D eigenvalue weighted by Gasteiger charge is -2.36. The van der Waals surface area contributed by atoms with Crippen molar-refractivity contribution in [2.75, 3.05) is 52.4 Å². The molecule has 0 bridgehead atoms. The van der Waals surface area contributed by atoms with Crippen molar-refractivity contribution < 1.29 is 19.4 Å². The van der Waals surface area contributed by atoms with E-state index in [0.29, 0.717) is 46.6 Å². The van der Waals surface area contributed by atoms with Crippen LogP contribution in [-0.2, 0) is 0 Å². The maximum atomic E-state index is 13.1. The van der Waals surface area contributed by atoms with Crippen LogP contribution in [0.3, 0.4) is 0 Å². The molecule has 2 aliphatic heterocycles. The molecule has 0 aliphatic carbocycles. The van der Waals surface area contributed by atoms with Crippen LogP contribution in [0.5, 0.6) is 5.75 Å². The molecule has 0 aromatic heterocycles. The molecule has 38 heavy (non-hydrogen) atoms. The molecule has 0 saturated carbocycles. The average molecular weight is 601 g/mol. The van der Waals surface area contributed by atoms with Crippen LogP contribution in [0.15, 0.2) is 54.6 Å². The zero-order valence-corrected chi connectivity index (χ0v) is 23.7. The molecule has 1 saturated heterocycles. The van der Waals surface area contributed by atoms with Gasteiger partial charge in [0.25, 0.3) is 11.8 Å². The first-order chi connectivity index (χ1) is 17.4. The Kier molecular flexibility index (Phi) is 10.7. The number of hydrogen-bond donors (Lipinski definition) is 1. The van der Waals surface area contributed by atoms with Crippen molar-refractivity contribution in [2.24, 2.45) is 0 Å². The predicted octanol–water partition coefficient (Wildman–Crippen LogP) is 4.64. The van der Waals surface area contributed by atoms with Crippen LogP contribution in [-0.4, -0.2) is 90.1 Å². The molecule has 0 spiro atoms. The Morgan fingerprint density at radius 2 is 1.45 bits per heavy atom. The lowest BCUT2D eigenvalue weighted by Crippen LogP contribution is -2.51. The van der Waals surface area contributed by atoms with E-state index < -0.39 is 6.10 Å². The van der Waals surface area contributed by atoms with Crippen LogP contribution in [0.1, 0.15) is 20.7 Å². The number of piperazine rings is 1. The van der Waals surface area contributed by atoms with Gasteiger partial charge in [-0.25, -0.2) is 0 Å². The van der Waals surface area contributed by atoms with Crippen LogP contribution in [0.25, 0.3) is 10.8 Å². The maximum absolute atomic E-state index is 13.1. The van der Waals surface area contributed by atoms with Gasteiger partial charge in [0.1, 0.15) is 18.5 Å². The predicted molar refractivity (Wildman–Crippen MR) is 155 cm³/mol. The summed E-state index contributed by atoms with van der Waals surface area (Å²) in [5.41, 5.74) is 1.17. The van der Waals surface area contributed by atoms with E-state index in [2.05, 4.69) is 9.80 Å². The van der Waals surface area contributed by atoms with Gasteiger partial charge in [0, 0.05) is 67.3 Å². The van der Waals surface area contributed by atoms with E-state index in [4.69, 9.17) is 27.9 Å². The molecule has 11 heteroatoms. The second-order valence-electron chi connectivity index (χ2n) is 9.15. The number of β-amino-alcohol motifs (C(OH)–C–C–N with tert-alkyl or cyclic N) is 1. The highest BCUT2D eigenvalue weighted by atomic mass is 35.5. The number of carbonyl (C=O) groups is 2. The number of imide groups is 1. The fourth-order valence-corrected chi connectivity index (χ4v) is 5.31. The summed E-state index contributed by atoms with van der Waals surface area (Å²) in [6.07, 6.45) is -0.658. The summed E-state index contributed by atoms with van der Waals surface area (Å²) in [5.74, 6) is 0.0318. The number of aliphatic hydroxyl groups is 1. The highest BCUT2D eigenvalue weighted by molar-refractivity contribution is 6.35. The first-order valence-corrected chi connectivity index (χ1v) is 12.7. The second kappa shape index (κ2) is 13.3. The van der Waals surface area contributed by atoms with Gasteiger partial charge in [-0.3, -0.25) is 24.3 Å². The van der Waals surface area contributed by atoms with Crippen molar-refractivity contribution in [3.63, 3.8) is 0 Å². The molecule has 1 fully saturated rings. The summed E-state index contributed by atoms with van der Waals surface area (Å²) in [5, 5.41) is 13.0. The molecule has 1 atom stereocenters.